The largest absolute Gasteiger partial charge is 0.448 e. The number of urea groups is 1. The van der Waals surface area contributed by atoms with E-state index in [9.17, 15) is 28.3 Å². The van der Waals surface area contributed by atoms with Gasteiger partial charge in [-0.3, -0.25) is 0 Å². The summed E-state index contributed by atoms with van der Waals surface area (Å²) in [5.41, 5.74) is 0.700. The Labute approximate surface area is 213 Å². The van der Waals surface area contributed by atoms with Gasteiger partial charge in [0.1, 0.15) is 6.26 Å². The fourth-order valence-corrected chi connectivity index (χ4v) is 5.56. The summed E-state index contributed by atoms with van der Waals surface area (Å²) in [6.45, 7) is 1.92. The zero-order valence-electron chi connectivity index (χ0n) is 20.6. The Morgan fingerprint density at radius 2 is 1.81 bits per heavy atom. The lowest BCUT2D eigenvalue weighted by Crippen LogP contribution is -2.51. The Morgan fingerprint density at radius 3 is 2.41 bits per heavy atom. The smallest absolute Gasteiger partial charge is 0.416 e. The van der Waals surface area contributed by atoms with Gasteiger partial charge >= 0.3 is 12.2 Å². The first kappa shape index (κ1) is 25.6. The van der Waals surface area contributed by atoms with Crippen molar-refractivity contribution >= 4 is 6.03 Å². The van der Waals surface area contributed by atoms with Crippen LogP contribution in [-0.2, 0) is 12.6 Å². The Kier molecular flexibility index (Phi) is 6.92. The van der Waals surface area contributed by atoms with E-state index in [0.29, 0.717) is 57.8 Å². The molecule has 0 spiro atoms. The molecule has 1 saturated carbocycles. The number of carbonyl (C=O) groups is 1. The van der Waals surface area contributed by atoms with Gasteiger partial charge in [-0.05, 0) is 55.2 Å². The second-order valence-electron chi connectivity index (χ2n) is 10.8. The minimum Gasteiger partial charge on any atom is -0.448 e. The van der Waals surface area contributed by atoms with E-state index in [-0.39, 0.29) is 35.8 Å². The van der Waals surface area contributed by atoms with E-state index in [4.69, 9.17) is 9.40 Å². The Hall–Kier alpha value is -3.06. The van der Waals surface area contributed by atoms with Crippen LogP contribution in [-0.4, -0.2) is 58.7 Å². The zero-order chi connectivity index (χ0) is 26.2. The molecule has 2 aliphatic heterocycles. The maximum absolute atomic E-state index is 13.5. The molecule has 1 aromatic heterocycles. The molecule has 3 aliphatic rings. The van der Waals surface area contributed by atoms with Crippen molar-refractivity contribution in [1.82, 2.24) is 14.8 Å². The van der Waals surface area contributed by atoms with E-state index in [2.05, 4.69) is 6.07 Å². The molecule has 1 aliphatic carbocycles. The molecule has 5 rings (SSSR count). The normalized spacial score (nSPS) is 24.1. The quantitative estimate of drug-likeness (QED) is 0.608. The van der Waals surface area contributed by atoms with Crippen LogP contribution in [0.3, 0.4) is 0 Å². The summed E-state index contributed by atoms with van der Waals surface area (Å²) >= 11 is 0. The van der Waals surface area contributed by atoms with Gasteiger partial charge in [0.2, 0.25) is 0 Å². The number of alkyl halides is 3. The summed E-state index contributed by atoms with van der Waals surface area (Å²) in [6.07, 6.45) is 1.62. The number of hydrogen-bond donors (Lipinski definition) is 1. The standard InChI is InChI=1S/C27H31F3N4O3/c28-27(29,30)22-3-1-19(2-4-22)20-11-21(24-32-23(16-37-24)12-26(17-35)7-8-26)15-34(14-20)25(36)33-9-5-18(13-31)6-10-33/h1-4,16,18,20-21,35H,5-12,14-15,17H2. The fraction of sp³-hybridized carbons (Fsp3) is 0.593. The number of amides is 2. The van der Waals surface area contributed by atoms with Crippen molar-refractivity contribution in [3.05, 3.63) is 53.2 Å². The van der Waals surface area contributed by atoms with Gasteiger partial charge in [-0.1, -0.05) is 12.1 Å². The number of carbonyl (C=O) groups excluding carboxylic acids is 1. The van der Waals surface area contributed by atoms with Crippen LogP contribution in [0.4, 0.5) is 18.0 Å². The van der Waals surface area contributed by atoms with Gasteiger partial charge in [0.15, 0.2) is 5.89 Å². The number of aliphatic hydroxyl groups is 1. The van der Waals surface area contributed by atoms with Gasteiger partial charge in [0.05, 0.1) is 23.2 Å². The topological polar surface area (TPSA) is 93.6 Å². The van der Waals surface area contributed by atoms with Gasteiger partial charge in [-0.15, -0.1) is 0 Å². The highest BCUT2D eigenvalue weighted by Crippen LogP contribution is 2.48. The Morgan fingerprint density at radius 1 is 1.14 bits per heavy atom. The minimum atomic E-state index is -4.41. The van der Waals surface area contributed by atoms with Crippen molar-refractivity contribution in [2.45, 2.75) is 56.5 Å². The molecule has 1 aromatic carbocycles. The molecule has 3 fully saturated rings. The molecule has 2 aromatic rings. The average molecular weight is 517 g/mol. The molecule has 2 unspecified atom stereocenters. The minimum absolute atomic E-state index is 0.0440. The maximum Gasteiger partial charge on any atom is 0.416 e. The Bertz CT molecular complexity index is 1140. The SMILES string of the molecule is N#CC1CCN(C(=O)N2CC(c3ccc(C(F)(F)F)cc3)CC(c3nc(CC4(CO)CC4)co3)C2)CC1. The molecule has 1 N–H and O–H groups in total. The maximum atomic E-state index is 13.5. The molecule has 7 nitrogen and oxygen atoms in total. The van der Waals surface area contributed by atoms with Gasteiger partial charge in [-0.25, -0.2) is 9.78 Å². The number of oxazole rings is 1. The van der Waals surface area contributed by atoms with Crippen LogP contribution >= 0.6 is 0 Å². The first-order valence-electron chi connectivity index (χ1n) is 12.9. The summed E-state index contributed by atoms with van der Waals surface area (Å²) in [6, 6.07) is 7.32. The highest BCUT2D eigenvalue weighted by atomic mass is 19.4. The first-order chi connectivity index (χ1) is 17.7. The van der Waals surface area contributed by atoms with E-state index in [1.807, 2.05) is 0 Å². The number of piperidine rings is 2. The number of benzene rings is 1. The van der Waals surface area contributed by atoms with Crippen molar-refractivity contribution in [2.24, 2.45) is 11.3 Å². The van der Waals surface area contributed by atoms with Crippen molar-refractivity contribution in [3.63, 3.8) is 0 Å². The fourth-order valence-electron chi connectivity index (χ4n) is 5.56. The third-order valence-corrected chi connectivity index (χ3v) is 8.15. The third-order valence-electron chi connectivity index (χ3n) is 8.15. The summed E-state index contributed by atoms with van der Waals surface area (Å²) in [7, 11) is 0. The van der Waals surface area contributed by atoms with Crippen LogP contribution in [0.5, 0.6) is 0 Å². The molecular weight excluding hydrogens is 485 g/mol. The molecule has 0 radical (unpaired) electrons. The number of hydrogen-bond acceptors (Lipinski definition) is 5. The molecule has 198 valence electrons. The number of nitrogens with zero attached hydrogens (tertiary/aromatic N) is 4. The van der Waals surface area contributed by atoms with Gasteiger partial charge in [0, 0.05) is 51.0 Å². The van der Waals surface area contributed by atoms with Crippen molar-refractivity contribution in [1.29, 1.82) is 5.26 Å². The summed E-state index contributed by atoms with van der Waals surface area (Å²) in [5.74, 6) is 0.0858. The predicted molar refractivity (Wildman–Crippen MR) is 127 cm³/mol. The van der Waals surface area contributed by atoms with E-state index >= 15 is 0 Å². The lowest BCUT2D eigenvalue weighted by Gasteiger charge is -2.40. The number of aromatic nitrogens is 1. The number of halogens is 3. The molecule has 3 heterocycles. The molecule has 10 heteroatoms. The van der Waals surface area contributed by atoms with E-state index < -0.39 is 11.7 Å². The Balaban J connectivity index is 1.36. The molecule has 2 saturated heterocycles. The van der Waals surface area contributed by atoms with Gasteiger partial charge in [0.25, 0.3) is 0 Å². The monoisotopic (exact) mass is 516 g/mol. The first-order valence-corrected chi connectivity index (χ1v) is 12.9. The van der Waals surface area contributed by atoms with Crippen molar-refractivity contribution in [3.8, 4) is 6.07 Å². The van der Waals surface area contributed by atoms with Crippen LogP contribution in [0.15, 0.2) is 34.9 Å². The number of rotatable bonds is 5. The van der Waals surface area contributed by atoms with E-state index in [1.165, 1.54) is 12.1 Å². The van der Waals surface area contributed by atoms with E-state index in [1.54, 1.807) is 16.1 Å². The summed E-state index contributed by atoms with van der Waals surface area (Å²) in [4.78, 5) is 21.7. The van der Waals surface area contributed by atoms with Crippen LogP contribution < -0.4 is 0 Å². The highest BCUT2D eigenvalue weighted by molar-refractivity contribution is 5.75. The number of likely N-dealkylation sites (tertiary alicyclic amines) is 2. The van der Waals surface area contributed by atoms with Crippen LogP contribution in [0.2, 0.25) is 0 Å². The zero-order valence-corrected chi connectivity index (χ0v) is 20.6. The van der Waals surface area contributed by atoms with Crippen molar-refractivity contribution < 1.29 is 27.5 Å². The van der Waals surface area contributed by atoms with Crippen molar-refractivity contribution in [2.75, 3.05) is 32.8 Å². The highest BCUT2D eigenvalue weighted by Gasteiger charge is 2.43. The van der Waals surface area contributed by atoms with Crippen LogP contribution in [0.1, 0.15) is 66.7 Å². The van der Waals surface area contributed by atoms with Gasteiger partial charge in [-0.2, -0.15) is 18.4 Å². The lowest BCUT2D eigenvalue weighted by atomic mass is 9.84. The summed E-state index contributed by atoms with van der Waals surface area (Å²) < 4.78 is 45.2. The van der Waals surface area contributed by atoms with Crippen LogP contribution in [0, 0.1) is 22.7 Å². The third kappa shape index (κ3) is 5.61. The molecular formula is C27H31F3N4O3. The molecule has 37 heavy (non-hydrogen) atoms. The average Bonchev–Trinajstić information content (AvgIpc) is 3.54. The number of aliphatic hydroxyl groups excluding tert-OH is 1. The molecule has 2 atom stereocenters. The lowest BCUT2D eigenvalue weighted by molar-refractivity contribution is -0.137. The van der Waals surface area contributed by atoms with Crippen LogP contribution in [0.25, 0.3) is 0 Å². The molecule has 2 amide bonds. The second-order valence-corrected chi connectivity index (χ2v) is 10.8. The molecule has 0 bridgehead atoms. The number of nitriles is 1. The van der Waals surface area contributed by atoms with Gasteiger partial charge < -0.3 is 19.3 Å². The second kappa shape index (κ2) is 10.0. The summed E-state index contributed by atoms with van der Waals surface area (Å²) in [5, 5.41) is 18.8. The van der Waals surface area contributed by atoms with E-state index in [0.717, 1.165) is 36.2 Å². The predicted octanol–water partition coefficient (Wildman–Crippen LogP) is 4.94.